The van der Waals surface area contributed by atoms with Crippen molar-refractivity contribution in [3.05, 3.63) is 0 Å². The van der Waals surface area contributed by atoms with Gasteiger partial charge >= 0.3 is 0 Å². The molecule has 3 unspecified atom stereocenters. The Bertz CT molecular complexity index is 239. The molecule has 2 heteroatoms. The fraction of sp³-hybridized carbons (Fsp3) is 1.00. The average Bonchev–Trinajstić information content (AvgIpc) is 2.36. The predicted molar refractivity (Wildman–Crippen MR) is 78.7 cm³/mol. The Kier molecular flexibility index (Phi) is 6.13. The van der Waals surface area contributed by atoms with Crippen LogP contribution in [0.1, 0.15) is 66.2 Å². The lowest BCUT2D eigenvalue weighted by atomic mass is 9.67. The summed E-state index contributed by atoms with van der Waals surface area (Å²) in [5.74, 6) is 0.764. The third-order valence-electron chi connectivity index (χ3n) is 5.23. The van der Waals surface area contributed by atoms with Gasteiger partial charge in [-0.1, -0.05) is 40.5 Å². The zero-order valence-corrected chi connectivity index (χ0v) is 13.1. The molecule has 0 radical (unpaired) electrons. The van der Waals surface area contributed by atoms with Crippen LogP contribution in [0.2, 0.25) is 0 Å². The van der Waals surface area contributed by atoms with Crippen molar-refractivity contribution in [2.45, 2.75) is 78.4 Å². The number of hydrogen-bond acceptors (Lipinski definition) is 2. The fourth-order valence-corrected chi connectivity index (χ4v) is 3.18. The van der Waals surface area contributed by atoms with E-state index in [-0.39, 0.29) is 6.10 Å². The zero-order chi connectivity index (χ0) is 13.8. The second kappa shape index (κ2) is 6.91. The molecule has 3 atom stereocenters. The van der Waals surface area contributed by atoms with Gasteiger partial charge in [-0.2, -0.15) is 0 Å². The molecule has 0 bridgehead atoms. The van der Waals surface area contributed by atoms with Gasteiger partial charge in [-0.3, -0.25) is 0 Å². The first-order valence-electron chi connectivity index (χ1n) is 7.80. The van der Waals surface area contributed by atoms with E-state index in [1.165, 1.54) is 32.1 Å². The highest BCUT2D eigenvalue weighted by Gasteiger charge is 2.37. The van der Waals surface area contributed by atoms with Crippen molar-refractivity contribution >= 4 is 0 Å². The van der Waals surface area contributed by atoms with Gasteiger partial charge in [0, 0.05) is 6.04 Å². The molecule has 1 saturated carbocycles. The Labute approximate surface area is 114 Å². The van der Waals surface area contributed by atoms with Crippen molar-refractivity contribution in [3.63, 3.8) is 0 Å². The molecule has 0 heterocycles. The van der Waals surface area contributed by atoms with Gasteiger partial charge < -0.3 is 10.0 Å². The normalized spacial score (nSPS) is 29.8. The summed E-state index contributed by atoms with van der Waals surface area (Å²) < 4.78 is 0. The molecule has 1 aliphatic carbocycles. The highest BCUT2D eigenvalue weighted by molar-refractivity contribution is 4.90. The Morgan fingerprint density at radius 2 is 1.89 bits per heavy atom. The maximum Gasteiger partial charge on any atom is 0.0695 e. The first-order chi connectivity index (χ1) is 8.42. The lowest BCUT2D eigenvalue weighted by Crippen LogP contribution is -2.48. The van der Waals surface area contributed by atoms with Gasteiger partial charge in [-0.15, -0.1) is 0 Å². The van der Waals surface area contributed by atoms with Crippen LogP contribution in [0.25, 0.3) is 0 Å². The molecule has 1 rings (SSSR count). The second-order valence-corrected chi connectivity index (χ2v) is 6.82. The average molecular weight is 255 g/mol. The maximum atomic E-state index is 10.3. The van der Waals surface area contributed by atoms with E-state index in [2.05, 4.69) is 39.6 Å². The minimum atomic E-state index is -0.115. The molecule has 0 spiro atoms. The summed E-state index contributed by atoms with van der Waals surface area (Å²) in [6, 6.07) is 0.376. The van der Waals surface area contributed by atoms with Crippen molar-refractivity contribution in [2.75, 3.05) is 13.6 Å². The van der Waals surface area contributed by atoms with Gasteiger partial charge in [0.2, 0.25) is 0 Å². The molecule has 0 aromatic heterocycles. The van der Waals surface area contributed by atoms with Gasteiger partial charge in [0.05, 0.1) is 6.10 Å². The highest BCUT2D eigenvalue weighted by atomic mass is 16.3. The van der Waals surface area contributed by atoms with E-state index in [4.69, 9.17) is 0 Å². The summed E-state index contributed by atoms with van der Waals surface area (Å²) in [6.45, 7) is 10.4. The smallest absolute Gasteiger partial charge is 0.0695 e. The van der Waals surface area contributed by atoms with Crippen molar-refractivity contribution in [3.8, 4) is 0 Å². The van der Waals surface area contributed by atoms with Crippen LogP contribution >= 0.6 is 0 Å². The highest BCUT2D eigenvalue weighted by Crippen LogP contribution is 2.41. The van der Waals surface area contributed by atoms with Crippen molar-refractivity contribution in [1.29, 1.82) is 0 Å². The quantitative estimate of drug-likeness (QED) is 0.782. The van der Waals surface area contributed by atoms with Gasteiger partial charge in [0.25, 0.3) is 0 Å². The third kappa shape index (κ3) is 3.96. The molecule has 18 heavy (non-hydrogen) atoms. The van der Waals surface area contributed by atoms with Crippen LogP contribution in [0.15, 0.2) is 0 Å². The monoisotopic (exact) mass is 255 g/mol. The number of nitrogens with zero attached hydrogens (tertiary/aromatic N) is 1. The summed E-state index contributed by atoms with van der Waals surface area (Å²) >= 11 is 0. The molecule has 2 nitrogen and oxygen atoms in total. The Morgan fingerprint density at radius 1 is 1.22 bits per heavy atom. The molecular formula is C16H33NO. The van der Waals surface area contributed by atoms with E-state index in [0.29, 0.717) is 11.5 Å². The van der Waals surface area contributed by atoms with Gasteiger partial charge in [-0.25, -0.2) is 0 Å². The Hall–Kier alpha value is -0.0800. The molecule has 0 aromatic carbocycles. The van der Waals surface area contributed by atoms with Gasteiger partial charge in [-0.05, 0) is 50.6 Å². The molecule has 0 aliphatic heterocycles. The van der Waals surface area contributed by atoms with E-state index in [1.807, 2.05) is 0 Å². The van der Waals surface area contributed by atoms with Crippen LogP contribution in [-0.4, -0.2) is 35.7 Å². The van der Waals surface area contributed by atoms with E-state index in [1.54, 1.807) is 0 Å². The first-order valence-corrected chi connectivity index (χ1v) is 7.80. The maximum absolute atomic E-state index is 10.3. The Morgan fingerprint density at radius 3 is 2.44 bits per heavy atom. The topological polar surface area (TPSA) is 23.5 Å². The molecule has 1 aliphatic rings. The number of aliphatic hydroxyl groups is 1. The van der Waals surface area contributed by atoms with E-state index < -0.39 is 0 Å². The fourth-order valence-electron chi connectivity index (χ4n) is 3.18. The summed E-state index contributed by atoms with van der Waals surface area (Å²) in [5, 5.41) is 10.3. The number of rotatable bonds is 6. The molecular weight excluding hydrogens is 222 g/mol. The van der Waals surface area contributed by atoms with Gasteiger partial charge in [0.1, 0.15) is 0 Å². The van der Waals surface area contributed by atoms with Crippen molar-refractivity contribution in [2.24, 2.45) is 11.3 Å². The van der Waals surface area contributed by atoms with Crippen LogP contribution in [-0.2, 0) is 0 Å². The van der Waals surface area contributed by atoms with Crippen LogP contribution in [0.3, 0.4) is 0 Å². The minimum Gasteiger partial charge on any atom is -0.391 e. The largest absolute Gasteiger partial charge is 0.391 e. The standard InChI is InChI=1S/C16H33NO/c1-6-8-11-17(5)14-12-13(9-10-15(14)18)16(3,4)7-2/h13-15,18H,6-12H2,1-5H3. The van der Waals surface area contributed by atoms with Gasteiger partial charge in [0.15, 0.2) is 0 Å². The van der Waals surface area contributed by atoms with E-state index in [9.17, 15) is 5.11 Å². The molecule has 0 amide bonds. The number of hydrogen-bond donors (Lipinski definition) is 1. The lowest BCUT2D eigenvalue weighted by Gasteiger charge is -2.44. The summed E-state index contributed by atoms with van der Waals surface area (Å²) in [6.07, 6.45) is 6.94. The predicted octanol–water partition coefficient (Wildman–Crippen LogP) is 3.68. The second-order valence-electron chi connectivity index (χ2n) is 6.82. The molecule has 108 valence electrons. The first kappa shape index (κ1) is 16.0. The number of aliphatic hydroxyl groups excluding tert-OH is 1. The van der Waals surface area contributed by atoms with Crippen LogP contribution in [0.5, 0.6) is 0 Å². The zero-order valence-electron chi connectivity index (χ0n) is 13.1. The van der Waals surface area contributed by atoms with E-state index >= 15 is 0 Å². The Balaban J connectivity index is 2.61. The van der Waals surface area contributed by atoms with Crippen LogP contribution in [0, 0.1) is 11.3 Å². The molecule has 0 saturated heterocycles. The van der Waals surface area contributed by atoms with Crippen LogP contribution in [0.4, 0.5) is 0 Å². The minimum absolute atomic E-state index is 0.115. The van der Waals surface area contributed by atoms with Crippen LogP contribution < -0.4 is 0 Å². The SMILES string of the molecule is CCCCN(C)C1CC(C(C)(C)CC)CCC1O. The number of unbranched alkanes of at least 4 members (excludes halogenated alkanes) is 1. The molecule has 1 N–H and O–H groups in total. The molecule has 1 fully saturated rings. The summed E-state index contributed by atoms with van der Waals surface area (Å²) in [4.78, 5) is 2.39. The van der Waals surface area contributed by atoms with E-state index in [0.717, 1.165) is 18.9 Å². The van der Waals surface area contributed by atoms with Crippen molar-refractivity contribution < 1.29 is 5.11 Å². The molecule has 0 aromatic rings. The van der Waals surface area contributed by atoms with Crippen molar-refractivity contribution in [1.82, 2.24) is 4.90 Å². The third-order valence-corrected chi connectivity index (χ3v) is 5.23. The summed E-state index contributed by atoms with van der Waals surface area (Å²) in [7, 11) is 2.19. The lowest BCUT2D eigenvalue weighted by molar-refractivity contribution is -0.0121. The number of likely N-dealkylation sites (N-methyl/N-ethyl adjacent to an activating group) is 1. The summed E-state index contributed by atoms with van der Waals surface area (Å²) in [5.41, 5.74) is 0.421.